The maximum atomic E-state index is 10.5. The number of hydrogen-bond donors (Lipinski definition) is 2. The summed E-state index contributed by atoms with van der Waals surface area (Å²) in [6.45, 7) is 8.52. The first-order valence-corrected chi connectivity index (χ1v) is 11.5. The number of hydrogen-bond acceptors (Lipinski definition) is 2. The van der Waals surface area contributed by atoms with Crippen molar-refractivity contribution in [2.24, 2.45) is 0 Å². The van der Waals surface area contributed by atoms with Crippen molar-refractivity contribution in [1.82, 2.24) is 0 Å². The van der Waals surface area contributed by atoms with Crippen LogP contribution >= 0.6 is 0 Å². The zero-order valence-corrected chi connectivity index (χ0v) is 19.1. The third kappa shape index (κ3) is 3.96. The second-order valence-corrected chi connectivity index (χ2v) is 9.79. The van der Waals surface area contributed by atoms with E-state index in [0.717, 1.165) is 30.4 Å². The van der Waals surface area contributed by atoms with Crippen LogP contribution in [0.15, 0.2) is 66.7 Å². The lowest BCUT2D eigenvalue weighted by molar-refractivity contribution is 0.459. The van der Waals surface area contributed by atoms with Crippen LogP contribution in [-0.4, -0.2) is 10.2 Å². The molecular formula is C29H34O2. The second-order valence-electron chi connectivity index (χ2n) is 9.79. The molecule has 2 nitrogen and oxygen atoms in total. The molecule has 2 heteroatoms. The van der Waals surface area contributed by atoms with Crippen molar-refractivity contribution in [1.29, 1.82) is 0 Å². The van der Waals surface area contributed by atoms with E-state index in [9.17, 15) is 10.2 Å². The Morgan fingerprint density at radius 1 is 0.742 bits per heavy atom. The summed E-state index contributed by atoms with van der Waals surface area (Å²) in [5, 5.41) is 20.9. The van der Waals surface area contributed by atoms with Crippen molar-refractivity contribution in [3.05, 3.63) is 94.5 Å². The summed E-state index contributed by atoms with van der Waals surface area (Å²) in [7, 11) is 0. The first-order valence-electron chi connectivity index (χ1n) is 11.5. The fourth-order valence-electron chi connectivity index (χ4n) is 5.38. The highest BCUT2D eigenvalue weighted by molar-refractivity contribution is 5.50. The minimum atomic E-state index is -0.130. The van der Waals surface area contributed by atoms with Crippen LogP contribution in [0.2, 0.25) is 0 Å². The molecule has 1 aliphatic rings. The van der Waals surface area contributed by atoms with Crippen LogP contribution in [0.4, 0.5) is 0 Å². The molecular weight excluding hydrogens is 380 g/mol. The predicted octanol–water partition coefficient (Wildman–Crippen LogP) is 7.60. The molecule has 0 heterocycles. The molecule has 1 unspecified atom stereocenters. The molecule has 0 radical (unpaired) electrons. The van der Waals surface area contributed by atoms with Gasteiger partial charge in [0.1, 0.15) is 11.5 Å². The normalized spacial score (nSPS) is 18.1. The summed E-state index contributed by atoms with van der Waals surface area (Å²) in [5.74, 6) is 1.76. The van der Waals surface area contributed by atoms with E-state index in [2.05, 4.69) is 82.3 Å². The molecule has 4 rings (SSSR count). The molecule has 162 valence electrons. The molecule has 0 spiro atoms. The van der Waals surface area contributed by atoms with Gasteiger partial charge in [0, 0.05) is 5.41 Å². The van der Waals surface area contributed by atoms with Crippen LogP contribution in [0, 0.1) is 0 Å². The van der Waals surface area contributed by atoms with Crippen molar-refractivity contribution in [3.8, 4) is 11.5 Å². The van der Waals surface area contributed by atoms with Crippen molar-refractivity contribution >= 4 is 0 Å². The predicted molar refractivity (Wildman–Crippen MR) is 128 cm³/mol. The lowest BCUT2D eigenvalue weighted by Crippen LogP contribution is -2.25. The maximum Gasteiger partial charge on any atom is 0.119 e. The van der Waals surface area contributed by atoms with Gasteiger partial charge in [-0.25, -0.2) is 0 Å². The van der Waals surface area contributed by atoms with Gasteiger partial charge in [-0.3, -0.25) is 0 Å². The number of phenolic OH excluding ortho intramolecular Hbond substituents is 2. The maximum absolute atomic E-state index is 10.5. The van der Waals surface area contributed by atoms with Crippen molar-refractivity contribution in [2.45, 2.75) is 70.1 Å². The molecule has 3 aromatic carbocycles. The van der Waals surface area contributed by atoms with Gasteiger partial charge in [-0.15, -0.1) is 0 Å². The lowest BCUT2D eigenvalue weighted by atomic mass is 9.71. The highest BCUT2D eigenvalue weighted by atomic mass is 16.3. The lowest BCUT2D eigenvalue weighted by Gasteiger charge is -2.33. The van der Waals surface area contributed by atoms with Gasteiger partial charge in [-0.05, 0) is 77.0 Å². The quantitative estimate of drug-likeness (QED) is 0.451. The highest BCUT2D eigenvalue weighted by Crippen LogP contribution is 2.53. The average molecular weight is 415 g/mol. The monoisotopic (exact) mass is 414 g/mol. The summed E-state index contributed by atoms with van der Waals surface area (Å²) in [5.41, 5.74) is 5.82. The van der Waals surface area contributed by atoms with Gasteiger partial charge in [0.2, 0.25) is 0 Å². The van der Waals surface area contributed by atoms with Gasteiger partial charge in [0.15, 0.2) is 0 Å². The summed E-state index contributed by atoms with van der Waals surface area (Å²) >= 11 is 0. The fraction of sp³-hybridized carbons (Fsp3) is 0.379. The molecule has 1 saturated carbocycles. The molecule has 0 bridgehead atoms. The third-order valence-electron chi connectivity index (χ3n) is 7.19. The number of benzene rings is 3. The molecule has 1 aliphatic carbocycles. The van der Waals surface area contributed by atoms with Crippen LogP contribution in [-0.2, 0) is 5.41 Å². The van der Waals surface area contributed by atoms with E-state index >= 15 is 0 Å². The van der Waals surface area contributed by atoms with Gasteiger partial charge in [0.25, 0.3) is 0 Å². The molecule has 0 aliphatic heterocycles. The Hall–Kier alpha value is -2.74. The Bertz CT molecular complexity index is 992. The van der Waals surface area contributed by atoms with Gasteiger partial charge in [-0.2, -0.15) is 0 Å². The van der Waals surface area contributed by atoms with Crippen LogP contribution in [0.3, 0.4) is 0 Å². The molecule has 31 heavy (non-hydrogen) atoms. The summed E-state index contributed by atoms with van der Waals surface area (Å²) in [6.07, 6.45) is 3.21. The summed E-state index contributed by atoms with van der Waals surface area (Å²) < 4.78 is 0. The van der Waals surface area contributed by atoms with Crippen LogP contribution < -0.4 is 0 Å². The molecule has 1 fully saturated rings. The zero-order valence-electron chi connectivity index (χ0n) is 19.1. The topological polar surface area (TPSA) is 40.5 Å². The van der Waals surface area contributed by atoms with Crippen molar-refractivity contribution in [3.63, 3.8) is 0 Å². The molecule has 0 aromatic heterocycles. The van der Waals surface area contributed by atoms with Gasteiger partial charge in [-0.1, -0.05) is 82.3 Å². The Labute approximate surface area is 186 Å². The van der Waals surface area contributed by atoms with E-state index in [1.165, 1.54) is 16.7 Å². The zero-order chi connectivity index (χ0) is 22.2. The van der Waals surface area contributed by atoms with Crippen LogP contribution in [0.1, 0.15) is 92.5 Å². The first kappa shape index (κ1) is 21.5. The average Bonchev–Trinajstić information content (AvgIpc) is 3.21. The third-order valence-corrected chi connectivity index (χ3v) is 7.19. The molecule has 0 saturated heterocycles. The van der Waals surface area contributed by atoms with E-state index < -0.39 is 0 Å². The molecule has 3 aromatic rings. The van der Waals surface area contributed by atoms with Crippen molar-refractivity contribution in [2.75, 3.05) is 0 Å². The van der Waals surface area contributed by atoms with E-state index in [4.69, 9.17) is 0 Å². The van der Waals surface area contributed by atoms with E-state index in [1.807, 2.05) is 12.1 Å². The van der Waals surface area contributed by atoms with Gasteiger partial charge >= 0.3 is 0 Å². The van der Waals surface area contributed by atoms with E-state index in [0.29, 0.717) is 17.4 Å². The summed E-state index contributed by atoms with van der Waals surface area (Å²) in [6, 6.07) is 23.2. The smallest absolute Gasteiger partial charge is 0.119 e. The Morgan fingerprint density at radius 2 is 1.26 bits per heavy atom. The van der Waals surface area contributed by atoms with Crippen LogP contribution in [0.25, 0.3) is 0 Å². The van der Waals surface area contributed by atoms with Gasteiger partial charge in [0.05, 0.1) is 0 Å². The number of rotatable bonds is 5. The second kappa shape index (κ2) is 8.42. The van der Waals surface area contributed by atoms with E-state index in [1.54, 1.807) is 0 Å². The number of phenols is 2. The molecule has 0 amide bonds. The fourth-order valence-corrected chi connectivity index (χ4v) is 5.38. The SMILES string of the molecule is CC(C)c1cc(C2(c3ccc(O)c(C(C)C)c3)CCC(c3ccccc3)C2)ccc1O. The Morgan fingerprint density at radius 3 is 1.74 bits per heavy atom. The standard InChI is InChI=1S/C29H34O2/c1-19(2)25-16-23(10-12-27(25)30)29(24-11-13-28(31)26(17-24)20(3)4)15-14-22(18-29)21-8-6-5-7-9-21/h5-13,16-17,19-20,22,30-31H,14-15,18H2,1-4H3. The van der Waals surface area contributed by atoms with E-state index in [-0.39, 0.29) is 17.3 Å². The molecule has 2 N–H and O–H groups in total. The van der Waals surface area contributed by atoms with Crippen LogP contribution in [0.5, 0.6) is 11.5 Å². The van der Waals surface area contributed by atoms with Gasteiger partial charge < -0.3 is 10.2 Å². The largest absolute Gasteiger partial charge is 0.508 e. The highest BCUT2D eigenvalue weighted by Gasteiger charge is 2.43. The Balaban J connectivity index is 1.87. The van der Waals surface area contributed by atoms with Crippen molar-refractivity contribution < 1.29 is 10.2 Å². The minimum absolute atomic E-state index is 0.130. The minimum Gasteiger partial charge on any atom is -0.508 e. The number of aromatic hydroxyl groups is 2. The summed E-state index contributed by atoms with van der Waals surface area (Å²) in [4.78, 5) is 0. The first-order chi connectivity index (χ1) is 14.8. The molecule has 1 atom stereocenters. The Kier molecular flexibility index (Phi) is 5.83.